The smallest absolute Gasteiger partial charge is 0.261 e. The standard InChI is InChI=1S/C16H22ClNOS/c17-13-7-4-6-12(13)10-18-16(19)15-9-11-5-2-1-3-8-14(11)20-15/h9,12-13H,1-8,10H2,(H,18,19). The molecule has 1 amide bonds. The Hall–Kier alpha value is -0.540. The monoisotopic (exact) mass is 311 g/mol. The summed E-state index contributed by atoms with van der Waals surface area (Å²) in [7, 11) is 0. The fourth-order valence-corrected chi connectivity index (χ4v) is 4.85. The Morgan fingerprint density at radius 3 is 2.90 bits per heavy atom. The topological polar surface area (TPSA) is 29.1 Å². The second-order valence-corrected chi connectivity index (χ2v) is 7.73. The maximum atomic E-state index is 12.3. The molecule has 0 aliphatic heterocycles. The third kappa shape index (κ3) is 3.20. The van der Waals surface area contributed by atoms with Gasteiger partial charge in [-0.2, -0.15) is 0 Å². The largest absolute Gasteiger partial charge is 0.351 e. The maximum absolute atomic E-state index is 12.3. The molecular weight excluding hydrogens is 290 g/mol. The second kappa shape index (κ2) is 6.48. The van der Waals surface area contributed by atoms with Gasteiger partial charge in [0.05, 0.1) is 4.88 Å². The number of amides is 1. The van der Waals surface area contributed by atoms with Crippen LogP contribution in [0.1, 0.15) is 58.6 Å². The van der Waals surface area contributed by atoms with Crippen LogP contribution in [0, 0.1) is 5.92 Å². The molecule has 1 heterocycles. The summed E-state index contributed by atoms with van der Waals surface area (Å²) >= 11 is 7.95. The molecule has 110 valence electrons. The van der Waals surface area contributed by atoms with Crippen LogP contribution in [0.2, 0.25) is 0 Å². The van der Waals surface area contributed by atoms with Crippen molar-refractivity contribution in [2.24, 2.45) is 5.92 Å². The zero-order chi connectivity index (χ0) is 13.9. The summed E-state index contributed by atoms with van der Waals surface area (Å²) in [4.78, 5) is 14.6. The third-order valence-electron chi connectivity index (χ3n) is 4.56. The lowest BCUT2D eigenvalue weighted by Gasteiger charge is -2.13. The summed E-state index contributed by atoms with van der Waals surface area (Å²) in [6.07, 6.45) is 9.59. The molecule has 2 nitrogen and oxygen atoms in total. The minimum Gasteiger partial charge on any atom is -0.351 e. The Balaban J connectivity index is 1.59. The van der Waals surface area contributed by atoms with E-state index in [1.54, 1.807) is 11.3 Å². The number of carbonyl (C=O) groups excluding carboxylic acids is 1. The zero-order valence-electron chi connectivity index (χ0n) is 11.8. The van der Waals surface area contributed by atoms with Crippen molar-refractivity contribution in [3.63, 3.8) is 0 Å². The van der Waals surface area contributed by atoms with Crippen molar-refractivity contribution in [1.82, 2.24) is 5.32 Å². The molecule has 3 rings (SSSR count). The normalized spacial score (nSPS) is 26.1. The van der Waals surface area contributed by atoms with Crippen molar-refractivity contribution in [1.29, 1.82) is 0 Å². The minimum atomic E-state index is 0.0961. The van der Waals surface area contributed by atoms with Gasteiger partial charge in [-0.1, -0.05) is 12.8 Å². The first-order valence-electron chi connectivity index (χ1n) is 7.78. The summed E-state index contributed by atoms with van der Waals surface area (Å²) in [6.45, 7) is 0.732. The highest BCUT2D eigenvalue weighted by Crippen LogP contribution is 2.31. The molecule has 0 saturated heterocycles. The highest BCUT2D eigenvalue weighted by molar-refractivity contribution is 7.14. The molecule has 1 aromatic heterocycles. The van der Waals surface area contributed by atoms with Gasteiger partial charge < -0.3 is 5.32 Å². The molecule has 0 aromatic carbocycles. The highest BCUT2D eigenvalue weighted by Gasteiger charge is 2.26. The van der Waals surface area contributed by atoms with E-state index in [2.05, 4.69) is 11.4 Å². The molecule has 0 bridgehead atoms. The number of hydrogen-bond acceptors (Lipinski definition) is 2. The minimum absolute atomic E-state index is 0.0961. The molecule has 1 N–H and O–H groups in total. The van der Waals surface area contributed by atoms with E-state index in [1.807, 2.05) is 0 Å². The van der Waals surface area contributed by atoms with Crippen LogP contribution >= 0.6 is 22.9 Å². The lowest BCUT2D eigenvalue weighted by atomic mass is 10.1. The van der Waals surface area contributed by atoms with Crippen LogP contribution in [-0.4, -0.2) is 17.8 Å². The molecule has 1 aromatic rings. The van der Waals surface area contributed by atoms with Crippen LogP contribution in [0.15, 0.2) is 6.07 Å². The molecule has 4 heteroatoms. The van der Waals surface area contributed by atoms with E-state index in [9.17, 15) is 4.79 Å². The van der Waals surface area contributed by atoms with Gasteiger partial charge in [-0.05, 0) is 56.1 Å². The van der Waals surface area contributed by atoms with E-state index in [0.717, 1.165) is 37.1 Å². The van der Waals surface area contributed by atoms with Gasteiger partial charge in [0, 0.05) is 16.8 Å². The number of alkyl halides is 1. The molecule has 2 atom stereocenters. The molecule has 1 fully saturated rings. The first-order valence-corrected chi connectivity index (χ1v) is 9.03. The molecule has 2 aliphatic rings. The van der Waals surface area contributed by atoms with Crippen molar-refractivity contribution in [3.05, 3.63) is 21.4 Å². The predicted molar refractivity (Wildman–Crippen MR) is 84.9 cm³/mol. The first kappa shape index (κ1) is 14.4. The Labute approximate surface area is 129 Å². The summed E-state index contributed by atoms with van der Waals surface area (Å²) in [5, 5.41) is 3.33. The van der Waals surface area contributed by atoms with Crippen LogP contribution in [0.3, 0.4) is 0 Å². The quantitative estimate of drug-likeness (QED) is 0.659. The molecule has 0 spiro atoms. The summed E-state index contributed by atoms with van der Waals surface area (Å²) in [5.41, 5.74) is 1.41. The van der Waals surface area contributed by atoms with E-state index in [4.69, 9.17) is 11.6 Å². The fourth-order valence-electron chi connectivity index (χ4n) is 3.31. The van der Waals surface area contributed by atoms with Gasteiger partial charge in [0.1, 0.15) is 0 Å². The van der Waals surface area contributed by atoms with Gasteiger partial charge in [-0.15, -0.1) is 22.9 Å². The molecule has 2 unspecified atom stereocenters. The molecule has 2 aliphatic carbocycles. The number of aryl methyl sites for hydroxylation is 2. The van der Waals surface area contributed by atoms with E-state index >= 15 is 0 Å². The fraction of sp³-hybridized carbons (Fsp3) is 0.688. The Kier molecular flexibility index (Phi) is 4.67. The van der Waals surface area contributed by atoms with Crippen molar-refractivity contribution < 1.29 is 4.79 Å². The number of fused-ring (bicyclic) bond motifs is 1. The van der Waals surface area contributed by atoms with Crippen LogP contribution in [0.25, 0.3) is 0 Å². The lowest BCUT2D eigenvalue weighted by molar-refractivity contribution is 0.0951. The Bertz CT molecular complexity index is 461. The van der Waals surface area contributed by atoms with Crippen LogP contribution in [-0.2, 0) is 12.8 Å². The third-order valence-corrected chi connectivity index (χ3v) is 6.37. The Morgan fingerprint density at radius 1 is 1.25 bits per heavy atom. The Morgan fingerprint density at radius 2 is 2.10 bits per heavy atom. The van der Waals surface area contributed by atoms with Crippen LogP contribution < -0.4 is 5.32 Å². The van der Waals surface area contributed by atoms with Gasteiger partial charge in [0.2, 0.25) is 0 Å². The number of hydrogen-bond donors (Lipinski definition) is 1. The number of nitrogens with one attached hydrogen (secondary N) is 1. The number of carbonyl (C=O) groups is 1. The van der Waals surface area contributed by atoms with E-state index in [-0.39, 0.29) is 11.3 Å². The molecule has 0 radical (unpaired) electrons. The molecule has 20 heavy (non-hydrogen) atoms. The SMILES string of the molecule is O=C(NCC1CCCC1Cl)c1cc2c(s1)CCCCC2. The average molecular weight is 312 g/mol. The maximum Gasteiger partial charge on any atom is 0.261 e. The zero-order valence-corrected chi connectivity index (χ0v) is 13.4. The average Bonchev–Trinajstić information content (AvgIpc) is 2.97. The molecule has 1 saturated carbocycles. The van der Waals surface area contributed by atoms with Crippen molar-refractivity contribution >= 4 is 28.8 Å². The second-order valence-electron chi connectivity index (χ2n) is 6.04. The predicted octanol–water partition coefficient (Wildman–Crippen LogP) is 4.15. The summed E-state index contributed by atoms with van der Waals surface area (Å²) in [6, 6.07) is 2.12. The van der Waals surface area contributed by atoms with Crippen molar-refractivity contribution in [3.8, 4) is 0 Å². The van der Waals surface area contributed by atoms with E-state index in [0.29, 0.717) is 5.92 Å². The van der Waals surface area contributed by atoms with Gasteiger partial charge in [0.25, 0.3) is 5.91 Å². The number of rotatable bonds is 3. The van der Waals surface area contributed by atoms with Crippen LogP contribution in [0.5, 0.6) is 0 Å². The number of halogens is 1. The first-order chi connectivity index (χ1) is 9.74. The van der Waals surface area contributed by atoms with Gasteiger partial charge in [-0.3, -0.25) is 4.79 Å². The highest BCUT2D eigenvalue weighted by atomic mass is 35.5. The van der Waals surface area contributed by atoms with Gasteiger partial charge in [-0.25, -0.2) is 0 Å². The number of thiophene rings is 1. The molecular formula is C16H22ClNOS. The lowest BCUT2D eigenvalue weighted by Crippen LogP contribution is -2.30. The van der Waals surface area contributed by atoms with Crippen molar-refractivity contribution in [2.45, 2.75) is 56.7 Å². The summed E-state index contributed by atoms with van der Waals surface area (Å²) < 4.78 is 0. The van der Waals surface area contributed by atoms with Gasteiger partial charge >= 0.3 is 0 Å². The summed E-state index contributed by atoms with van der Waals surface area (Å²) in [5.74, 6) is 0.553. The van der Waals surface area contributed by atoms with Gasteiger partial charge in [0.15, 0.2) is 0 Å². The van der Waals surface area contributed by atoms with Crippen molar-refractivity contribution in [2.75, 3.05) is 6.54 Å². The van der Waals surface area contributed by atoms with E-state index in [1.165, 1.54) is 36.1 Å². The van der Waals surface area contributed by atoms with E-state index < -0.39 is 0 Å². The van der Waals surface area contributed by atoms with Crippen LogP contribution in [0.4, 0.5) is 0 Å².